The van der Waals surface area contributed by atoms with E-state index in [1.54, 1.807) is 7.11 Å². The number of benzene rings is 2. The molecule has 32 heavy (non-hydrogen) atoms. The molecule has 1 spiro atoms. The molecule has 2 aliphatic carbocycles. The van der Waals surface area contributed by atoms with Gasteiger partial charge in [-0.25, -0.2) is 0 Å². The first-order valence-corrected chi connectivity index (χ1v) is 11.8. The lowest BCUT2D eigenvalue weighted by Crippen LogP contribution is -2.49. The van der Waals surface area contributed by atoms with E-state index in [-0.39, 0.29) is 17.1 Å². The third-order valence-electron chi connectivity index (χ3n) is 8.72. The quantitative estimate of drug-likeness (QED) is 0.601. The minimum absolute atomic E-state index is 0.130. The van der Waals surface area contributed by atoms with Gasteiger partial charge in [0.05, 0.1) is 24.6 Å². The lowest BCUT2D eigenvalue weighted by atomic mass is 9.63. The van der Waals surface area contributed by atoms with Gasteiger partial charge in [0.15, 0.2) is 5.60 Å². The zero-order valence-corrected chi connectivity index (χ0v) is 19.1. The lowest BCUT2D eigenvalue weighted by Gasteiger charge is -2.44. The van der Waals surface area contributed by atoms with Gasteiger partial charge in [-0.1, -0.05) is 49.3 Å². The van der Waals surface area contributed by atoms with Gasteiger partial charge in [-0.05, 0) is 55.0 Å². The number of oxime groups is 1. The van der Waals surface area contributed by atoms with Crippen LogP contribution in [0.25, 0.3) is 0 Å². The molecule has 2 aromatic rings. The monoisotopic (exact) mass is 429 g/mol. The fourth-order valence-electron chi connectivity index (χ4n) is 6.69. The highest BCUT2D eigenvalue weighted by Crippen LogP contribution is 2.65. The van der Waals surface area contributed by atoms with E-state index in [0.29, 0.717) is 5.92 Å². The third-order valence-corrected chi connectivity index (χ3v) is 8.72. The molecule has 0 amide bonds. The SMILES string of the molecule is COc1ccc(C2CC(C3=NOC4(C3)[C@H]3CC[C@H](C3)C4(C)C)=NN2c2ccccc2)cc1. The number of hydrogen-bond acceptors (Lipinski definition) is 5. The molecule has 5 nitrogen and oxygen atoms in total. The minimum atomic E-state index is -0.149. The fraction of sp³-hybridized carbons (Fsp3) is 0.481. The van der Waals surface area contributed by atoms with Crippen molar-refractivity contribution in [3.63, 3.8) is 0 Å². The van der Waals surface area contributed by atoms with E-state index < -0.39 is 0 Å². The van der Waals surface area contributed by atoms with Crippen molar-refractivity contribution in [1.82, 2.24) is 0 Å². The van der Waals surface area contributed by atoms with E-state index >= 15 is 0 Å². The summed E-state index contributed by atoms with van der Waals surface area (Å²) in [6, 6.07) is 18.9. The van der Waals surface area contributed by atoms with E-state index in [1.165, 1.54) is 24.8 Å². The zero-order chi connectivity index (χ0) is 21.9. The van der Waals surface area contributed by atoms with Crippen molar-refractivity contribution in [3.05, 3.63) is 60.2 Å². The smallest absolute Gasteiger partial charge is 0.151 e. The molecule has 0 radical (unpaired) electrons. The maximum atomic E-state index is 6.36. The molecule has 5 heteroatoms. The fourth-order valence-corrected chi connectivity index (χ4v) is 6.69. The van der Waals surface area contributed by atoms with Crippen molar-refractivity contribution in [2.45, 2.75) is 57.6 Å². The predicted octanol–water partition coefficient (Wildman–Crippen LogP) is 5.97. The highest BCUT2D eigenvalue weighted by molar-refractivity contribution is 6.43. The molecule has 0 saturated heterocycles. The summed E-state index contributed by atoms with van der Waals surface area (Å²) in [5.74, 6) is 2.24. The number of methoxy groups -OCH3 is 1. The Morgan fingerprint density at radius 2 is 1.72 bits per heavy atom. The summed E-state index contributed by atoms with van der Waals surface area (Å²) in [5.41, 5.74) is 4.44. The van der Waals surface area contributed by atoms with Crippen LogP contribution in [0.4, 0.5) is 5.69 Å². The van der Waals surface area contributed by atoms with Gasteiger partial charge in [0.1, 0.15) is 11.5 Å². The number of anilines is 1. The first-order chi connectivity index (χ1) is 15.5. The second-order valence-corrected chi connectivity index (χ2v) is 10.3. The molecule has 2 aromatic carbocycles. The predicted molar refractivity (Wildman–Crippen MR) is 127 cm³/mol. The Hall–Kier alpha value is -2.82. The number of hydrogen-bond donors (Lipinski definition) is 0. The average Bonchev–Trinajstić information content (AvgIpc) is 3.60. The number of para-hydroxylation sites is 1. The minimum Gasteiger partial charge on any atom is -0.497 e. The zero-order valence-electron chi connectivity index (χ0n) is 19.1. The Morgan fingerprint density at radius 3 is 2.41 bits per heavy atom. The van der Waals surface area contributed by atoms with Gasteiger partial charge in [0.25, 0.3) is 0 Å². The van der Waals surface area contributed by atoms with Gasteiger partial charge in [-0.3, -0.25) is 5.01 Å². The maximum Gasteiger partial charge on any atom is 0.151 e. The second kappa shape index (κ2) is 7.09. The molecule has 2 bridgehead atoms. The van der Waals surface area contributed by atoms with Crippen molar-refractivity contribution >= 4 is 17.1 Å². The summed E-state index contributed by atoms with van der Waals surface area (Å²) in [5, 5.41) is 12.0. The van der Waals surface area contributed by atoms with Crippen molar-refractivity contribution in [2.75, 3.05) is 12.1 Å². The van der Waals surface area contributed by atoms with Crippen LogP contribution in [0.5, 0.6) is 5.75 Å². The molecule has 2 aliphatic heterocycles. The first-order valence-electron chi connectivity index (χ1n) is 11.8. The van der Waals surface area contributed by atoms with Crippen LogP contribution in [-0.4, -0.2) is 24.1 Å². The van der Waals surface area contributed by atoms with Crippen molar-refractivity contribution in [3.8, 4) is 5.75 Å². The Morgan fingerprint density at radius 1 is 0.969 bits per heavy atom. The van der Waals surface area contributed by atoms with Crippen LogP contribution in [0.15, 0.2) is 64.9 Å². The van der Waals surface area contributed by atoms with Crippen molar-refractivity contribution in [1.29, 1.82) is 0 Å². The first kappa shape index (κ1) is 19.8. The van der Waals surface area contributed by atoms with Crippen molar-refractivity contribution in [2.24, 2.45) is 27.5 Å². The molecular weight excluding hydrogens is 398 g/mol. The molecule has 4 atom stereocenters. The van der Waals surface area contributed by atoms with E-state index in [4.69, 9.17) is 19.8 Å². The summed E-state index contributed by atoms with van der Waals surface area (Å²) >= 11 is 0. The topological polar surface area (TPSA) is 46.4 Å². The Kier molecular flexibility index (Phi) is 4.40. The maximum absolute atomic E-state index is 6.36. The second-order valence-electron chi connectivity index (χ2n) is 10.3. The van der Waals surface area contributed by atoms with Gasteiger partial charge in [0.2, 0.25) is 0 Å². The number of rotatable bonds is 4. The molecule has 2 fully saturated rings. The molecule has 6 rings (SSSR count). The summed E-state index contributed by atoms with van der Waals surface area (Å²) in [4.78, 5) is 6.36. The summed E-state index contributed by atoms with van der Waals surface area (Å²) in [6.45, 7) is 4.78. The van der Waals surface area contributed by atoms with Crippen LogP contribution >= 0.6 is 0 Å². The Labute approximate surface area is 190 Å². The standard InChI is InChI=1S/C27H31N3O2/c1-26(2)19-11-12-20(15-19)27(26)17-24(29-32-27)23-16-25(18-9-13-22(31-3)14-10-18)30(28-23)21-7-5-4-6-8-21/h4-10,13-14,19-20,25H,11-12,15-17H2,1-3H3/t19-,20+,25?,27?/m1/s1. The lowest BCUT2D eigenvalue weighted by molar-refractivity contribution is -0.135. The summed E-state index contributed by atoms with van der Waals surface area (Å²) in [7, 11) is 1.70. The number of fused-ring (bicyclic) bond motifs is 3. The van der Waals surface area contributed by atoms with Crippen LogP contribution in [0, 0.1) is 17.3 Å². The van der Waals surface area contributed by atoms with Gasteiger partial charge in [-0.2, -0.15) is 5.10 Å². The highest BCUT2D eigenvalue weighted by atomic mass is 16.7. The highest BCUT2D eigenvalue weighted by Gasteiger charge is 2.67. The van der Waals surface area contributed by atoms with Crippen LogP contribution in [0.1, 0.15) is 57.6 Å². The average molecular weight is 430 g/mol. The van der Waals surface area contributed by atoms with E-state index in [0.717, 1.165) is 41.6 Å². The third kappa shape index (κ3) is 2.76. The van der Waals surface area contributed by atoms with E-state index in [1.807, 2.05) is 18.2 Å². The summed E-state index contributed by atoms with van der Waals surface area (Å²) < 4.78 is 5.36. The van der Waals surface area contributed by atoms with Gasteiger partial charge < -0.3 is 9.57 Å². The summed E-state index contributed by atoms with van der Waals surface area (Å²) in [6.07, 6.45) is 5.60. The van der Waals surface area contributed by atoms with Crippen molar-refractivity contribution < 1.29 is 9.57 Å². The number of ether oxygens (including phenoxy) is 1. The molecule has 2 heterocycles. The van der Waals surface area contributed by atoms with Crippen LogP contribution in [0.3, 0.4) is 0 Å². The Balaban J connectivity index is 1.31. The number of hydrazone groups is 1. The molecule has 0 aromatic heterocycles. The molecular formula is C27H31N3O2. The Bertz CT molecular complexity index is 1080. The normalized spacial score (nSPS) is 32.2. The van der Waals surface area contributed by atoms with E-state index in [9.17, 15) is 0 Å². The number of nitrogens with zero attached hydrogens (tertiary/aromatic N) is 3. The van der Waals surface area contributed by atoms with Gasteiger partial charge >= 0.3 is 0 Å². The molecule has 166 valence electrons. The van der Waals surface area contributed by atoms with E-state index in [2.05, 4.69) is 55.3 Å². The van der Waals surface area contributed by atoms with Crippen LogP contribution < -0.4 is 9.75 Å². The van der Waals surface area contributed by atoms with Gasteiger partial charge in [0, 0.05) is 24.2 Å². The molecule has 4 aliphatic rings. The molecule has 2 saturated carbocycles. The van der Waals surface area contributed by atoms with Crippen LogP contribution in [-0.2, 0) is 4.84 Å². The molecule has 2 unspecified atom stereocenters. The van der Waals surface area contributed by atoms with Crippen LogP contribution in [0.2, 0.25) is 0 Å². The van der Waals surface area contributed by atoms with Gasteiger partial charge in [-0.15, -0.1) is 0 Å². The molecule has 0 N–H and O–H groups in total. The largest absolute Gasteiger partial charge is 0.497 e.